The Kier molecular flexibility index (Phi) is 23.5. The van der Waals surface area contributed by atoms with Gasteiger partial charge in [0.1, 0.15) is 0 Å². The Bertz CT molecular complexity index is 364. The van der Waals surface area contributed by atoms with E-state index in [2.05, 4.69) is 0 Å². The SMILES string of the molecule is CCO[Si](CCCN)(OCC)OC(C)CCN.CCO[Si](CCCN)(OCC)OCC. The summed E-state index contributed by atoms with van der Waals surface area (Å²) in [6, 6.07) is 1.60. The van der Waals surface area contributed by atoms with Crippen LogP contribution in [0.1, 0.15) is 60.8 Å². The van der Waals surface area contributed by atoms with Gasteiger partial charge in [0.05, 0.1) is 0 Å². The van der Waals surface area contributed by atoms with Crippen LogP contribution in [0.3, 0.4) is 0 Å². The standard InChI is InChI=1S/C11H28N2O3Si.C9H23NO3Si/c1-4-14-17(15-5-2,10-6-8-12)16-11(3)7-9-13;1-4-11-14(12-5-2,13-6-3)9-7-8-10/h11H,4-10,12-13H2,1-3H3;4-10H2,1-3H3. The van der Waals surface area contributed by atoms with Crippen molar-refractivity contribution in [3.63, 3.8) is 0 Å². The van der Waals surface area contributed by atoms with Crippen LogP contribution in [-0.4, -0.2) is 76.4 Å². The molecule has 0 aliphatic rings. The molecule has 1 atom stereocenters. The van der Waals surface area contributed by atoms with Gasteiger partial charge in [-0.15, -0.1) is 0 Å². The quantitative estimate of drug-likeness (QED) is 0.222. The molecule has 0 rings (SSSR count). The maximum absolute atomic E-state index is 6.02. The summed E-state index contributed by atoms with van der Waals surface area (Å²) >= 11 is 0. The Balaban J connectivity index is 0. The van der Waals surface area contributed by atoms with Crippen LogP contribution in [0.15, 0.2) is 0 Å². The van der Waals surface area contributed by atoms with Gasteiger partial charge < -0.3 is 43.8 Å². The predicted molar refractivity (Wildman–Crippen MR) is 131 cm³/mol. The molecule has 0 saturated carbocycles. The van der Waals surface area contributed by atoms with Crippen LogP contribution < -0.4 is 17.2 Å². The minimum atomic E-state index is -2.55. The predicted octanol–water partition coefficient (Wildman–Crippen LogP) is 2.48. The van der Waals surface area contributed by atoms with Crippen LogP contribution in [0.25, 0.3) is 0 Å². The van der Waals surface area contributed by atoms with Crippen LogP contribution in [0.5, 0.6) is 0 Å². The van der Waals surface area contributed by atoms with Crippen LogP contribution in [-0.2, 0) is 26.6 Å². The summed E-state index contributed by atoms with van der Waals surface area (Å²) in [6.07, 6.45) is 2.65. The van der Waals surface area contributed by atoms with Gasteiger partial charge in [0, 0.05) is 51.2 Å². The molecule has 0 saturated heterocycles. The molecule has 11 heteroatoms. The molecule has 0 amide bonds. The van der Waals surface area contributed by atoms with E-state index in [0.29, 0.717) is 52.7 Å². The molecule has 9 nitrogen and oxygen atoms in total. The third-order valence-electron chi connectivity index (χ3n) is 4.15. The summed E-state index contributed by atoms with van der Waals surface area (Å²) in [7, 11) is -4.95. The van der Waals surface area contributed by atoms with E-state index < -0.39 is 17.6 Å². The Hall–Kier alpha value is 0.0738. The summed E-state index contributed by atoms with van der Waals surface area (Å²) in [6.45, 7) is 16.8. The van der Waals surface area contributed by atoms with Crippen molar-refractivity contribution >= 4 is 17.6 Å². The van der Waals surface area contributed by atoms with E-state index in [1.807, 2.05) is 41.5 Å². The number of hydrogen-bond acceptors (Lipinski definition) is 9. The zero-order valence-corrected chi connectivity index (χ0v) is 23.0. The van der Waals surface area contributed by atoms with E-state index in [4.69, 9.17) is 43.8 Å². The van der Waals surface area contributed by atoms with Crippen LogP contribution in [0.2, 0.25) is 12.1 Å². The Labute approximate surface area is 193 Å². The molecule has 1 unspecified atom stereocenters. The second-order valence-electron chi connectivity index (χ2n) is 6.82. The Morgan fingerprint density at radius 2 is 0.935 bits per heavy atom. The fraction of sp³-hybridized carbons (Fsp3) is 1.00. The molecule has 0 heterocycles. The van der Waals surface area contributed by atoms with Gasteiger partial charge in [0.15, 0.2) is 0 Å². The summed E-state index contributed by atoms with van der Waals surface area (Å²) in [5, 5.41) is 0. The van der Waals surface area contributed by atoms with Gasteiger partial charge in [-0.3, -0.25) is 0 Å². The van der Waals surface area contributed by atoms with Gasteiger partial charge in [-0.1, -0.05) is 0 Å². The molecule has 0 aliphatic heterocycles. The second-order valence-corrected chi connectivity index (χ2v) is 12.2. The number of nitrogens with two attached hydrogens (primary N) is 3. The van der Waals surface area contributed by atoms with E-state index in [9.17, 15) is 0 Å². The lowest BCUT2D eigenvalue weighted by atomic mass is 10.3. The molecule has 31 heavy (non-hydrogen) atoms. The second kappa shape index (κ2) is 21.9. The molecule has 0 aromatic heterocycles. The first kappa shape index (κ1) is 33.2. The fourth-order valence-electron chi connectivity index (χ4n) is 2.99. The molecule has 0 aliphatic carbocycles. The van der Waals surface area contributed by atoms with E-state index in [-0.39, 0.29) is 6.10 Å². The van der Waals surface area contributed by atoms with Crippen LogP contribution >= 0.6 is 0 Å². The van der Waals surface area contributed by atoms with Crippen molar-refractivity contribution in [3.05, 3.63) is 0 Å². The lowest BCUT2D eigenvalue weighted by Gasteiger charge is -2.31. The fourth-order valence-corrected chi connectivity index (χ4v) is 8.50. The zero-order valence-electron chi connectivity index (χ0n) is 21.0. The van der Waals surface area contributed by atoms with Crippen molar-refractivity contribution in [2.24, 2.45) is 17.2 Å². The molecule has 190 valence electrons. The van der Waals surface area contributed by atoms with Gasteiger partial charge in [-0.25, -0.2) is 0 Å². The maximum Gasteiger partial charge on any atom is 0.501 e. The number of hydrogen-bond donors (Lipinski definition) is 3. The maximum atomic E-state index is 6.02. The first-order valence-corrected chi connectivity index (χ1v) is 15.7. The summed E-state index contributed by atoms with van der Waals surface area (Å²) in [4.78, 5) is 0. The molecule has 0 radical (unpaired) electrons. The molecular weight excluding hydrogens is 434 g/mol. The molecule has 0 aromatic rings. The Morgan fingerprint density at radius 3 is 1.26 bits per heavy atom. The van der Waals surface area contributed by atoms with E-state index >= 15 is 0 Å². The average Bonchev–Trinajstić information content (AvgIpc) is 2.72. The highest BCUT2D eigenvalue weighted by Crippen LogP contribution is 2.21. The topological polar surface area (TPSA) is 133 Å². The highest BCUT2D eigenvalue weighted by molar-refractivity contribution is 6.61. The summed E-state index contributed by atoms with van der Waals surface area (Å²) in [5.41, 5.74) is 16.6. The van der Waals surface area contributed by atoms with Crippen molar-refractivity contribution in [3.8, 4) is 0 Å². The first-order valence-electron chi connectivity index (χ1n) is 11.9. The highest BCUT2D eigenvalue weighted by Gasteiger charge is 2.41. The van der Waals surface area contributed by atoms with E-state index in [1.165, 1.54) is 0 Å². The third-order valence-corrected chi connectivity index (χ3v) is 10.5. The number of rotatable bonds is 20. The summed E-state index contributed by atoms with van der Waals surface area (Å²) < 4.78 is 34.5. The third kappa shape index (κ3) is 16.4. The van der Waals surface area contributed by atoms with Crippen molar-refractivity contribution in [1.82, 2.24) is 0 Å². The van der Waals surface area contributed by atoms with Crippen molar-refractivity contribution in [2.45, 2.75) is 79.0 Å². The molecule has 0 fully saturated rings. The van der Waals surface area contributed by atoms with Gasteiger partial charge >= 0.3 is 17.6 Å². The van der Waals surface area contributed by atoms with E-state index in [1.54, 1.807) is 0 Å². The molecular formula is C20H51N3O6Si2. The minimum absolute atomic E-state index is 0.0718. The molecule has 0 aromatic carbocycles. The molecule has 0 bridgehead atoms. The van der Waals surface area contributed by atoms with Crippen LogP contribution in [0.4, 0.5) is 0 Å². The van der Waals surface area contributed by atoms with Gasteiger partial charge in [0.25, 0.3) is 0 Å². The highest BCUT2D eigenvalue weighted by atomic mass is 28.4. The lowest BCUT2D eigenvalue weighted by molar-refractivity contribution is 0.0361. The minimum Gasteiger partial charge on any atom is -0.374 e. The monoisotopic (exact) mass is 485 g/mol. The first-order chi connectivity index (χ1) is 14.9. The van der Waals surface area contributed by atoms with E-state index in [0.717, 1.165) is 31.4 Å². The van der Waals surface area contributed by atoms with Gasteiger partial charge in [0.2, 0.25) is 0 Å². The van der Waals surface area contributed by atoms with Crippen molar-refractivity contribution < 1.29 is 26.6 Å². The van der Waals surface area contributed by atoms with Crippen molar-refractivity contribution in [1.29, 1.82) is 0 Å². The van der Waals surface area contributed by atoms with Crippen molar-refractivity contribution in [2.75, 3.05) is 52.7 Å². The van der Waals surface area contributed by atoms with Gasteiger partial charge in [-0.2, -0.15) is 0 Å². The molecule has 0 spiro atoms. The normalized spacial score (nSPS) is 13.1. The summed E-state index contributed by atoms with van der Waals surface area (Å²) in [5.74, 6) is 0. The Morgan fingerprint density at radius 1 is 0.581 bits per heavy atom. The lowest BCUT2D eigenvalue weighted by Crippen LogP contribution is -2.48. The van der Waals surface area contributed by atoms with Gasteiger partial charge in [-0.05, 0) is 80.4 Å². The van der Waals surface area contributed by atoms with Crippen LogP contribution in [0, 0.1) is 0 Å². The largest absolute Gasteiger partial charge is 0.501 e. The zero-order chi connectivity index (χ0) is 24.0. The molecule has 6 N–H and O–H groups in total. The smallest absolute Gasteiger partial charge is 0.374 e. The average molecular weight is 486 g/mol.